The number of hydrogen-bond acceptors (Lipinski definition) is 5. The van der Waals surface area contributed by atoms with Crippen molar-refractivity contribution in [3.05, 3.63) is 65.4 Å². The molecule has 1 saturated carbocycles. The van der Waals surface area contributed by atoms with E-state index >= 15 is 0 Å². The highest BCUT2D eigenvalue weighted by Crippen LogP contribution is 2.32. The van der Waals surface area contributed by atoms with Gasteiger partial charge in [0, 0.05) is 18.0 Å². The number of benzene rings is 2. The summed E-state index contributed by atoms with van der Waals surface area (Å²) in [7, 11) is 1.60. The lowest BCUT2D eigenvalue weighted by atomic mass is 9.82. The van der Waals surface area contributed by atoms with E-state index in [1.807, 2.05) is 55.5 Å². The van der Waals surface area contributed by atoms with Crippen LogP contribution in [0.4, 0.5) is 0 Å². The quantitative estimate of drug-likeness (QED) is 0.585. The summed E-state index contributed by atoms with van der Waals surface area (Å²) in [5.74, 6) is 1.45. The Morgan fingerprint density at radius 2 is 1.97 bits per heavy atom. The van der Waals surface area contributed by atoms with E-state index < -0.39 is 0 Å². The van der Waals surface area contributed by atoms with Crippen LogP contribution < -0.4 is 20.1 Å². The molecule has 0 bridgehead atoms. The molecule has 7 nitrogen and oxygen atoms in total. The van der Waals surface area contributed by atoms with E-state index in [2.05, 4.69) is 10.6 Å². The fourth-order valence-corrected chi connectivity index (χ4v) is 4.55. The maximum atomic E-state index is 12.7. The highest BCUT2D eigenvalue weighted by atomic mass is 16.5. The van der Waals surface area contributed by atoms with Gasteiger partial charge in [0.05, 0.1) is 19.8 Å². The number of amides is 2. The van der Waals surface area contributed by atoms with Crippen molar-refractivity contribution in [1.29, 1.82) is 0 Å². The van der Waals surface area contributed by atoms with Crippen LogP contribution in [0.25, 0.3) is 6.08 Å². The number of carbonyl (C=O) groups is 2. The molecule has 2 fully saturated rings. The Morgan fingerprint density at radius 1 is 1.18 bits per heavy atom. The first-order valence-electron chi connectivity index (χ1n) is 11.9. The minimum atomic E-state index is -0.260. The van der Waals surface area contributed by atoms with E-state index in [1.54, 1.807) is 13.2 Å². The molecule has 2 aromatic rings. The Balaban J connectivity index is 1.28. The molecular weight excluding hydrogens is 432 g/mol. The highest BCUT2D eigenvalue weighted by Gasteiger charge is 2.40. The van der Waals surface area contributed by atoms with E-state index in [4.69, 9.17) is 14.2 Å². The predicted octanol–water partition coefficient (Wildman–Crippen LogP) is 3.48. The van der Waals surface area contributed by atoms with Gasteiger partial charge in [0.2, 0.25) is 5.91 Å². The molecule has 2 aromatic carbocycles. The van der Waals surface area contributed by atoms with Gasteiger partial charge in [-0.25, -0.2) is 0 Å². The highest BCUT2D eigenvalue weighted by molar-refractivity contribution is 5.97. The molecule has 1 aliphatic heterocycles. The molecule has 3 unspecified atom stereocenters. The molecule has 1 aliphatic carbocycles. The minimum Gasteiger partial charge on any atom is -0.496 e. The monoisotopic (exact) mass is 464 g/mol. The first-order chi connectivity index (χ1) is 16.6. The number of morpholine rings is 1. The molecule has 1 saturated heterocycles. The van der Waals surface area contributed by atoms with Crippen LogP contribution in [0.3, 0.4) is 0 Å². The molecule has 0 spiro atoms. The molecule has 2 amide bonds. The summed E-state index contributed by atoms with van der Waals surface area (Å²) in [6.45, 7) is 3.18. The molecule has 180 valence electrons. The fraction of sp³-hybridized carbons (Fsp3) is 0.407. The van der Waals surface area contributed by atoms with Crippen molar-refractivity contribution in [2.24, 2.45) is 5.92 Å². The van der Waals surface area contributed by atoms with E-state index in [0.717, 1.165) is 29.7 Å². The second kappa shape index (κ2) is 11.1. The topological polar surface area (TPSA) is 85.9 Å². The second-order valence-electron chi connectivity index (χ2n) is 8.61. The van der Waals surface area contributed by atoms with Crippen LogP contribution in [0.1, 0.15) is 37.3 Å². The Morgan fingerprint density at radius 3 is 2.74 bits per heavy atom. The third kappa shape index (κ3) is 5.71. The zero-order chi connectivity index (χ0) is 23.9. The second-order valence-corrected chi connectivity index (χ2v) is 8.61. The van der Waals surface area contributed by atoms with Gasteiger partial charge in [0.1, 0.15) is 17.6 Å². The average Bonchev–Trinajstić information content (AvgIpc) is 2.85. The lowest BCUT2D eigenvalue weighted by Gasteiger charge is -2.39. The molecule has 4 rings (SSSR count). The summed E-state index contributed by atoms with van der Waals surface area (Å²) >= 11 is 0. The van der Waals surface area contributed by atoms with E-state index in [1.165, 1.54) is 0 Å². The van der Waals surface area contributed by atoms with Gasteiger partial charge in [0.15, 0.2) is 5.76 Å². The van der Waals surface area contributed by atoms with Crippen LogP contribution in [0.2, 0.25) is 0 Å². The maximum absolute atomic E-state index is 12.7. The fourth-order valence-electron chi connectivity index (χ4n) is 4.55. The Bertz CT molecular complexity index is 1030. The molecule has 34 heavy (non-hydrogen) atoms. The Kier molecular flexibility index (Phi) is 7.72. The van der Waals surface area contributed by atoms with Crippen molar-refractivity contribution in [2.45, 2.75) is 44.8 Å². The number of para-hydroxylation sites is 1. The first kappa shape index (κ1) is 23.7. The number of hydrogen-bond donors (Lipinski definition) is 2. The Hall–Kier alpha value is -3.48. The van der Waals surface area contributed by atoms with Crippen molar-refractivity contribution in [3.63, 3.8) is 0 Å². The van der Waals surface area contributed by atoms with Gasteiger partial charge in [-0.1, -0.05) is 30.3 Å². The van der Waals surface area contributed by atoms with E-state index in [0.29, 0.717) is 31.7 Å². The van der Waals surface area contributed by atoms with Crippen LogP contribution in [-0.4, -0.2) is 44.2 Å². The number of carbonyl (C=O) groups excluding carboxylic acids is 2. The maximum Gasteiger partial charge on any atom is 0.286 e. The minimum absolute atomic E-state index is 0.0361. The molecule has 0 radical (unpaired) electrons. The summed E-state index contributed by atoms with van der Waals surface area (Å²) in [6.07, 6.45) is 4.36. The number of fused-ring (bicyclic) bond motifs is 1. The van der Waals surface area contributed by atoms with Crippen LogP contribution >= 0.6 is 0 Å². The largest absolute Gasteiger partial charge is 0.496 e. The number of rotatable bonds is 8. The van der Waals surface area contributed by atoms with Crippen LogP contribution in [0, 0.1) is 5.92 Å². The molecular formula is C27H32N2O5. The van der Waals surface area contributed by atoms with Crippen molar-refractivity contribution in [3.8, 4) is 11.5 Å². The standard InChI is InChI=1S/C27H32N2O5/c1-3-33-21-11-8-18(9-12-21)14-15-28-26(30)20-10-13-24-22(16-20)29-27(31)25(34-24)17-19-6-4-5-7-23(19)32-2/h4-9,11-12,17,20,22,24H,3,10,13-16H2,1-2H3,(H,28,30)(H,29,31)/b25-17-. The third-order valence-corrected chi connectivity index (χ3v) is 6.35. The summed E-state index contributed by atoms with van der Waals surface area (Å²) < 4.78 is 16.9. The summed E-state index contributed by atoms with van der Waals surface area (Å²) in [6, 6.07) is 15.3. The molecule has 7 heteroatoms. The van der Waals surface area contributed by atoms with Crippen LogP contribution in [0.5, 0.6) is 11.5 Å². The van der Waals surface area contributed by atoms with Gasteiger partial charge < -0.3 is 24.8 Å². The van der Waals surface area contributed by atoms with Crippen LogP contribution in [-0.2, 0) is 20.7 Å². The normalized spacial score (nSPS) is 22.8. The summed E-state index contributed by atoms with van der Waals surface area (Å²) in [4.78, 5) is 25.4. The molecule has 1 heterocycles. The van der Waals surface area contributed by atoms with Crippen molar-refractivity contribution in [2.75, 3.05) is 20.3 Å². The van der Waals surface area contributed by atoms with Gasteiger partial charge in [-0.2, -0.15) is 0 Å². The van der Waals surface area contributed by atoms with Crippen LogP contribution in [0.15, 0.2) is 54.3 Å². The first-order valence-corrected chi connectivity index (χ1v) is 11.9. The van der Waals surface area contributed by atoms with Gasteiger partial charge >= 0.3 is 0 Å². The van der Waals surface area contributed by atoms with Gasteiger partial charge in [-0.15, -0.1) is 0 Å². The zero-order valence-electron chi connectivity index (χ0n) is 19.7. The van der Waals surface area contributed by atoms with E-state index in [9.17, 15) is 9.59 Å². The van der Waals surface area contributed by atoms with E-state index in [-0.39, 0.29) is 35.6 Å². The van der Waals surface area contributed by atoms with Gasteiger partial charge in [0.25, 0.3) is 5.91 Å². The Labute approximate surface area is 200 Å². The van der Waals surface area contributed by atoms with Crippen molar-refractivity contribution in [1.82, 2.24) is 10.6 Å². The molecule has 2 aliphatic rings. The zero-order valence-corrected chi connectivity index (χ0v) is 19.7. The summed E-state index contributed by atoms with van der Waals surface area (Å²) in [5.41, 5.74) is 1.93. The lowest BCUT2D eigenvalue weighted by molar-refractivity contribution is -0.134. The van der Waals surface area contributed by atoms with Crippen molar-refractivity contribution >= 4 is 17.9 Å². The smallest absolute Gasteiger partial charge is 0.286 e. The average molecular weight is 465 g/mol. The molecule has 3 atom stereocenters. The third-order valence-electron chi connectivity index (χ3n) is 6.35. The summed E-state index contributed by atoms with van der Waals surface area (Å²) in [5, 5.41) is 6.10. The molecule has 0 aromatic heterocycles. The SMILES string of the molecule is CCOc1ccc(CCNC(=O)C2CCC3O/C(=C\c4ccccc4OC)C(=O)NC3C2)cc1. The number of nitrogens with one attached hydrogen (secondary N) is 2. The van der Waals surface area contributed by atoms with Gasteiger partial charge in [-0.05, 0) is 62.4 Å². The van der Waals surface area contributed by atoms with Crippen molar-refractivity contribution < 1.29 is 23.8 Å². The van der Waals surface area contributed by atoms with Gasteiger partial charge in [-0.3, -0.25) is 9.59 Å². The molecule has 2 N–H and O–H groups in total. The number of ether oxygens (including phenoxy) is 3. The predicted molar refractivity (Wildman–Crippen MR) is 129 cm³/mol. The lowest BCUT2D eigenvalue weighted by Crippen LogP contribution is -2.54. The number of methoxy groups -OCH3 is 1.